The van der Waals surface area contributed by atoms with Gasteiger partial charge < -0.3 is 9.52 Å². The first kappa shape index (κ1) is 12.2. The van der Waals surface area contributed by atoms with E-state index in [2.05, 4.69) is 4.72 Å². The molecule has 1 aromatic rings. The summed E-state index contributed by atoms with van der Waals surface area (Å²) < 4.78 is 31.7. The van der Waals surface area contributed by atoms with Gasteiger partial charge in [0.1, 0.15) is 12.4 Å². The Labute approximate surface area is 106 Å². The lowest BCUT2D eigenvalue weighted by Crippen LogP contribution is -2.31. The smallest absolute Gasteiger partial charge is 0.273 e. The van der Waals surface area contributed by atoms with Crippen molar-refractivity contribution in [3.63, 3.8) is 0 Å². The highest BCUT2D eigenvalue weighted by Gasteiger charge is 2.53. The van der Waals surface area contributed by atoms with Crippen molar-refractivity contribution in [2.45, 2.75) is 37.4 Å². The summed E-state index contributed by atoms with van der Waals surface area (Å²) in [6, 6.07) is 2.85. The van der Waals surface area contributed by atoms with Crippen LogP contribution in [0.2, 0.25) is 0 Å². The van der Waals surface area contributed by atoms with Crippen LogP contribution < -0.4 is 4.72 Å². The molecule has 2 aliphatic carbocycles. The second-order valence-corrected chi connectivity index (χ2v) is 7.04. The van der Waals surface area contributed by atoms with Gasteiger partial charge in [-0.15, -0.1) is 0 Å². The van der Waals surface area contributed by atoms with Crippen molar-refractivity contribution in [3.8, 4) is 0 Å². The van der Waals surface area contributed by atoms with Gasteiger partial charge >= 0.3 is 0 Å². The minimum Gasteiger partial charge on any atom is -0.446 e. The van der Waals surface area contributed by atoms with Crippen LogP contribution in [0.15, 0.2) is 21.6 Å². The van der Waals surface area contributed by atoms with Crippen molar-refractivity contribution in [2.75, 3.05) is 6.54 Å². The van der Waals surface area contributed by atoms with E-state index < -0.39 is 10.0 Å². The van der Waals surface area contributed by atoms with Gasteiger partial charge in [0.15, 0.2) is 0 Å². The van der Waals surface area contributed by atoms with Gasteiger partial charge in [-0.2, -0.15) is 0 Å². The van der Waals surface area contributed by atoms with E-state index in [1.54, 1.807) is 0 Å². The first-order chi connectivity index (χ1) is 8.56. The summed E-state index contributed by atoms with van der Waals surface area (Å²) in [6.45, 7) is 0.219. The van der Waals surface area contributed by atoms with Gasteiger partial charge in [0.2, 0.25) is 5.09 Å². The Kier molecular flexibility index (Phi) is 2.76. The highest BCUT2D eigenvalue weighted by molar-refractivity contribution is 7.89. The molecular formula is C12H17NO4S. The second kappa shape index (κ2) is 4.08. The van der Waals surface area contributed by atoms with E-state index in [0.29, 0.717) is 12.5 Å². The molecule has 0 amide bonds. The molecule has 0 unspecified atom stereocenters. The average molecular weight is 271 g/mol. The number of hydrogen-bond acceptors (Lipinski definition) is 4. The van der Waals surface area contributed by atoms with Gasteiger partial charge in [-0.05, 0) is 49.1 Å². The van der Waals surface area contributed by atoms with Gasteiger partial charge in [0.25, 0.3) is 10.0 Å². The number of aliphatic hydroxyl groups is 1. The predicted octanol–water partition coefficient (Wildman–Crippen LogP) is 1.24. The molecule has 1 aromatic heterocycles. The molecule has 0 atom stereocenters. The molecule has 0 saturated heterocycles. The Morgan fingerprint density at radius 3 is 2.61 bits per heavy atom. The van der Waals surface area contributed by atoms with Crippen LogP contribution in [0.5, 0.6) is 0 Å². The molecule has 6 heteroatoms. The van der Waals surface area contributed by atoms with E-state index in [1.807, 2.05) is 0 Å². The zero-order valence-corrected chi connectivity index (χ0v) is 10.9. The molecule has 0 spiro atoms. The van der Waals surface area contributed by atoms with Crippen molar-refractivity contribution >= 4 is 10.0 Å². The third-order valence-electron chi connectivity index (χ3n) is 4.01. The zero-order valence-electron chi connectivity index (χ0n) is 10.1. The summed E-state index contributed by atoms with van der Waals surface area (Å²) in [4.78, 5) is 0. The maximum atomic E-state index is 12.0. The Morgan fingerprint density at radius 2 is 2.11 bits per heavy atom. The quantitative estimate of drug-likeness (QED) is 0.816. The van der Waals surface area contributed by atoms with Gasteiger partial charge in [-0.25, -0.2) is 13.1 Å². The minimum atomic E-state index is -3.58. The van der Waals surface area contributed by atoms with E-state index >= 15 is 0 Å². The van der Waals surface area contributed by atoms with Crippen LogP contribution in [0.4, 0.5) is 0 Å². The van der Waals surface area contributed by atoms with E-state index in [0.717, 1.165) is 12.8 Å². The van der Waals surface area contributed by atoms with Gasteiger partial charge in [0, 0.05) is 6.54 Å². The molecule has 100 valence electrons. The van der Waals surface area contributed by atoms with Crippen LogP contribution >= 0.6 is 0 Å². The van der Waals surface area contributed by atoms with E-state index in [9.17, 15) is 8.42 Å². The first-order valence-electron chi connectivity index (χ1n) is 6.25. The minimum absolute atomic E-state index is 0.113. The average Bonchev–Trinajstić information content (AvgIpc) is 3.24. The van der Waals surface area contributed by atoms with Crippen molar-refractivity contribution in [2.24, 2.45) is 11.3 Å². The van der Waals surface area contributed by atoms with Crippen LogP contribution in [-0.2, 0) is 16.6 Å². The lowest BCUT2D eigenvalue weighted by Gasteiger charge is -2.14. The summed E-state index contributed by atoms with van der Waals surface area (Å²) in [7, 11) is -3.58. The number of aliphatic hydroxyl groups excluding tert-OH is 1. The molecule has 2 aliphatic rings. The normalized spacial score (nSPS) is 22.1. The number of furan rings is 1. The molecule has 5 nitrogen and oxygen atoms in total. The second-order valence-electron chi connectivity index (χ2n) is 5.34. The van der Waals surface area contributed by atoms with Crippen molar-refractivity contribution in [1.82, 2.24) is 4.72 Å². The molecule has 2 saturated carbocycles. The molecule has 18 heavy (non-hydrogen) atoms. The van der Waals surface area contributed by atoms with E-state index in [-0.39, 0.29) is 22.9 Å². The third-order valence-corrected chi connectivity index (χ3v) is 5.28. The molecule has 0 aromatic carbocycles. The summed E-state index contributed by atoms with van der Waals surface area (Å²) in [5.74, 6) is 0.975. The first-order valence-corrected chi connectivity index (χ1v) is 7.73. The van der Waals surface area contributed by atoms with Gasteiger partial charge in [-0.1, -0.05) is 0 Å². The SMILES string of the molecule is O=S(=O)(NCC1(C2CC2)CC1)c1ccc(CO)o1. The lowest BCUT2D eigenvalue weighted by molar-refractivity contribution is 0.236. The molecule has 0 radical (unpaired) electrons. The summed E-state index contributed by atoms with van der Waals surface area (Å²) in [5, 5.41) is 8.75. The van der Waals surface area contributed by atoms with Crippen LogP contribution in [0, 0.1) is 11.3 Å². The highest BCUT2D eigenvalue weighted by atomic mass is 32.2. The van der Waals surface area contributed by atoms with Gasteiger partial charge in [0.05, 0.1) is 0 Å². The van der Waals surface area contributed by atoms with Crippen LogP contribution in [0.3, 0.4) is 0 Å². The predicted molar refractivity (Wildman–Crippen MR) is 64.2 cm³/mol. The summed E-state index contributed by atoms with van der Waals surface area (Å²) >= 11 is 0. The highest BCUT2D eigenvalue weighted by Crippen LogP contribution is 2.60. The Balaban J connectivity index is 1.67. The largest absolute Gasteiger partial charge is 0.446 e. The third kappa shape index (κ3) is 2.20. The molecule has 3 rings (SSSR count). The van der Waals surface area contributed by atoms with Gasteiger partial charge in [-0.3, -0.25) is 0 Å². The maximum absolute atomic E-state index is 12.0. The Morgan fingerprint density at radius 1 is 1.39 bits per heavy atom. The number of nitrogens with one attached hydrogen (secondary N) is 1. The fourth-order valence-corrected chi connectivity index (χ4v) is 3.57. The van der Waals surface area contributed by atoms with E-state index in [1.165, 1.54) is 25.0 Å². The summed E-state index contributed by atoms with van der Waals surface area (Å²) in [6.07, 6.45) is 4.72. The maximum Gasteiger partial charge on any atom is 0.273 e. The number of sulfonamides is 1. The van der Waals surface area contributed by atoms with E-state index in [4.69, 9.17) is 9.52 Å². The Hall–Kier alpha value is -0.850. The number of rotatable bonds is 6. The fourth-order valence-electron chi connectivity index (χ4n) is 2.48. The lowest BCUT2D eigenvalue weighted by atomic mass is 10.0. The van der Waals surface area contributed by atoms with Crippen LogP contribution in [0.1, 0.15) is 31.4 Å². The molecule has 1 heterocycles. The summed E-state index contributed by atoms with van der Waals surface area (Å²) in [5.41, 5.74) is 0.222. The monoisotopic (exact) mass is 271 g/mol. The van der Waals surface area contributed by atoms with Crippen LogP contribution in [0.25, 0.3) is 0 Å². The standard InChI is InChI=1S/C12H17NO4S/c14-7-10-3-4-11(17-10)18(15,16)13-8-12(5-6-12)9-1-2-9/h3-4,9,13-14H,1-2,5-8H2. The molecule has 0 bridgehead atoms. The molecular weight excluding hydrogens is 254 g/mol. The topological polar surface area (TPSA) is 79.5 Å². The van der Waals surface area contributed by atoms with Crippen molar-refractivity contribution < 1.29 is 17.9 Å². The van der Waals surface area contributed by atoms with Crippen molar-refractivity contribution in [1.29, 1.82) is 0 Å². The fraction of sp³-hybridized carbons (Fsp3) is 0.667. The number of hydrogen-bond donors (Lipinski definition) is 2. The van der Waals surface area contributed by atoms with Crippen molar-refractivity contribution in [3.05, 3.63) is 17.9 Å². The molecule has 2 N–H and O–H groups in total. The molecule has 2 fully saturated rings. The van der Waals surface area contributed by atoms with Crippen LogP contribution in [-0.4, -0.2) is 20.1 Å². The Bertz CT molecular complexity index is 540. The zero-order chi connectivity index (χ0) is 12.8. The molecule has 0 aliphatic heterocycles.